The second kappa shape index (κ2) is 5.89. The van der Waals surface area contributed by atoms with Gasteiger partial charge in [-0.2, -0.15) is 0 Å². The van der Waals surface area contributed by atoms with Gasteiger partial charge >= 0.3 is 0 Å². The monoisotopic (exact) mass is 211 g/mol. The van der Waals surface area contributed by atoms with Crippen molar-refractivity contribution in [1.29, 1.82) is 0 Å². The lowest BCUT2D eigenvalue weighted by Crippen LogP contribution is -2.33. The highest BCUT2D eigenvalue weighted by molar-refractivity contribution is 4.80. The van der Waals surface area contributed by atoms with Crippen molar-refractivity contribution in [1.82, 2.24) is 5.32 Å². The van der Waals surface area contributed by atoms with Crippen LogP contribution in [0.3, 0.4) is 0 Å². The van der Waals surface area contributed by atoms with E-state index in [1.54, 1.807) is 0 Å². The van der Waals surface area contributed by atoms with Crippen LogP contribution >= 0.6 is 0 Å². The third-order valence-corrected chi connectivity index (χ3v) is 4.04. The molecule has 1 heteroatoms. The van der Waals surface area contributed by atoms with Crippen molar-refractivity contribution in [2.24, 2.45) is 11.3 Å². The minimum atomic E-state index is 0.596. The van der Waals surface area contributed by atoms with E-state index in [9.17, 15) is 0 Å². The van der Waals surface area contributed by atoms with Crippen molar-refractivity contribution < 1.29 is 0 Å². The maximum Gasteiger partial charge on any atom is 0.00669 e. The zero-order chi connectivity index (χ0) is 11.3. The van der Waals surface area contributed by atoms with Crippen molar-refractivity contribution in [2.75, 3.05) is 6.54 Å². The Kier molecular flexibility index (Phi) is 5.11. The molecule has 90 valence electrons. The molecule has 2 atom stereocenters. The molecule has 15 heavy (non-hydrogen) atoms. The minimum Gasteiger partial charge on any atom is -0.314 e. The molecule has 0 radical (unpaired) electrons. The van der Waals surface area contributed by atoms with Crippen LogP contribution in [0, 0.1) is 11.3 Å². The van der Waals surface area contributed by atoms with Crippen LogP contribution in [-0.2, 0) is 0 Å². The molecule has 0 bridgehead atoms. The van der Waals surface area contributed by atoms with E-state index in [1.807, 2.05) is 0 Å². The Labute approximate surface area is 96.0 Å². The Morgan fingerprint density at radius 2 is 2.00 bits per heavy atom. The van der Waals surface area contributed by atoms with E-state index < -0.39 is 0 Å². The van der Waals surface area contributed by atoms with Gasteiger partial charge in [0.05, 0.1) is 0 Å². The van der Waals surface area contributed by atoms with Gasteiger partial charge in [0.1, 0.15) is 0 Å². The van der Waals surface area contributed by atoms with Gasteiger partial charge in [-0.15, -0.1) is 0 Å². The van der Waals surface area contributed by atoms with Crippen molar-refractivity contribution in [3.63, 3.8) is 0 Å². The van der Waals surface area contributed by atoms with Gasteiger partial charge in [0, 0.05) is 6.04 Å². The van der Waals surface area contributed by atoms with Gasteiger partial charge < -0.3 is 5.32 Å². The average Bonchev–Trinajstić information content (AvgIpc) is 2.36. The third-order valence-electron chi connectivity index (χ3n) is 4.04. The maximum atomic E-state index is 3.66. The van der Waals surface area contributed by atoms with Crippen LogP contribution in [0.2, 0.25) is 0 Å². The zero-order valence-corrected chi connectivity index (χ0v) is 11.1. The van der Waals surface area contributed by atoms with Crippen molar-refractivity contribution in [2.45, 2.75) is 72.3 Å². The number of rotatable bonds is 4. The first-order valence-corrected chi connectivity index (χ1v) is 6.78. The summed E-state index contributed by atoms with van der Waals surface area (Å²) in [4.78, 5) is 0. The summed E-state index contributed by atoms with van der Waals surface area (Å²) in [6, 6.07) is 0.721. The largest absolute Gasteiger partial charge is 0.314 e. The molecular formula is C14H29N. The molecule has 0 aliphatic heterocycles. The Balaban J connectivity index is 2.36. The lowest BCUT2D eigenvalue weighted by molar-refractivity contribution is 0.292. The fraction of sp³-hybridized carbons (Fsp3) is 1.00. The molecule has 2 unspecified atom stereocenters. The molecule has 1 fully saturated rings. The predicted octanol–water partition coefficient (Wildman–Crippen LogP) is 3.98. The van der Waals surface area contributed by atoms with Crippen LogP contribution in [0.4, 0.5) is 0 Å². The fourth-order valence-corrected chi connectivity index (χ4v) is 2.73. The van der Waals surface area contributed by atoms with Crippen LogP contribution in [0.25, 0.3) is 0 Å². The number of hydrogen-bond acceptors (Lipinski definition) is 1. The molecule has 0 spiro atoms. The normalized spacial score (nSPS) is 28.4. The van der Waals surface area contributed by atoms with Crippen molar-refractivity contribution in [3.8, 4) is 0 Å². The first-order valence-electron chi connectivity index (χ1n) is 6.78. The standard InChI is InChI=1S/C14H29N/c1-5-11-15-12(2)13-7-6-9-14(3,4)10-8-13/h12-13,15H,5-11H2,1-4H3. The summed E-state index contributed by atoms with van der Waals surface area (Å²) in [5.41, 5.74) is 0.596. The molecule has 0 saturated heterocycles. The summed E-state index contributed by atoms with van der Waals surface area (Å²) < 4.78 is 0. The van der Waals surface area contributed by atoms with Crippen LogP contribution in [0.1, 0.15) is 66.2 Å². The highest BCUT2D eigenvalue weighted by Gasteiger charge is 2.26. The van der Waals surface area contributed by atoms with Gasteiger partial charge in [-0.1, -0.05) is 27.2 Å². The first kappa shape index (κ1) is 13.0. The SMILES string of the molecule is CCCNC(C)C1CCCC(C)(C)CC1. The van der Waals surface area contributed by atoms with E-state index in [0.717, 1.165) is 12.0 Å². The molecular weight excluding hydrogens is 182 g/mol. The highest BCUT2D eigenvalue weighted by atomic mass is 14.9. The molecule has 1 N–H and O–H groups in total. The van der Waals surface area contributed by atoms with Gasteiger partial charge in [-0.05, 0) is 56.9 Å². The second-order valence-electron chi connectivity index (χ2n) is 6.10. The Morgan fingerprint density at radius 1 is 1.27 bits per heavy atom. The van der Waals surface area contributed by atoms with E-state index in [2.05, 4.69) is 33.0 Å². The lowest BCUT2D eigenvalue weighted by atomic mass is 9.84. The zero-order valence-electron chi connectivity index (χ0n) is 11.1. The molecule has 1 saturated carbocycles. The first-order chi connectivity index (χ1) is 7.05. The molecule has 0 aromatic rings. The molecule has 1 rings (SSSR count). The Bertz CT molecular complexity index is 174. The molecule has 0 aromatic heterocycles. The van der Waals surface area contributed by atoms with Gasteiger partial charge in [0.2, 0.25) is 0 Å². The van der Waals surface area contributed by atoms with Gasteiger partial charge in [0.25, 0.3) is 0 Å². The van der Waals surface area contributed by atoms with E-state index in [0.29, 0.717) is 5.41 Å². The smallest absolute Gasteiger partial charge is 0.00669 e. The summed E-state index contributed by atoms with van der Waals surface area (Å²) in [6.07, 6.45) is 8.37. The van der Waals surface area contributed by atoms with Crippen LogP contribution < -0.4 is 5.32 Å². The van der Waals surface area contributed by atoms with Gasteiger partial charge in [-0.25, -0.2) is 0 Å². The second-order valence-corrected chi connectivity index (χ2v) is 6.10. The van der Waals surface area contributed by atoms with E-state index in [4.69, 9.17) is 0 Å². The molecule has 0 aromatic carbocycles. The highest BCUT2D eigenvalue weighted by Crippen LogP contribution is 2.37. The topological polar surface area (TPSA) is 12.0 Å². The molecule has 1 aliphatic carbocycles. The van der Waals surface area contributed by atoms with Gasteiger partial charge in [-0.3, -0.25) is 0 Å². The fourth-order valence-electron chi connectivity index (χ4n) is 2.73. The Hall–Kier alpha value is -0.0400. The minimum absolute atomic E-state index is 0.596. The van der Waals surface area contributed by atoms with Crippen molar-refractivity contribution in [3.05, 3.63) is 0 Å². The van der Waals surface area contributed by atoms with Crippen LogP contribution in [0.5, 0.6) is 0 Å². The van der Waals surface area contributed by atoms with Crippen molar-refractivity contribution >= 4 is 0 Å². The maximum absolute atomic E-state index is 3.66. The molecule has 1 aliphatic rings. The predicted molar refractivity (Wildman–Crippen MR) is 68.1 cm³/mol. The third kappa shape index (κ3) is 4.55. The summed E-state index contributed by atoms with van der Waals surface area (Å²) in [6.45, 7) is 10.7. The van der Waals surface area contributed by atoms with Crippen LogP contribution in [0.15, 0.2) is 0 Å². The molecule has 1 nitrogen and oxygen atoms in total. The number of hydrogen-bond donors (Lipinski definition) is 1. The molecule has 0 heterocycles. The van der Waals surface area contributed by atoms with Crippen LogP contribution in [-0.4, -0.2) is 12.6 Å². The van der Waals surface area contributed by atoms with E-state index in [-0.39, 0.29) is 0 Å². The summed E-state index contributed by atoms with van der Waals surface area (Å²) in [7, 11) is 0. The average molecular weight is 211 g/mol. The van der Waals surface area contributed by atoms with E-state index in [1.165, 1.54) is 45.1 Å². The summed E-state index contributed by atoms with van der Waals surface area (Å²) >= 11 is 0. The van der Waals surface area contributed by atoms with Gasteiger partial charge in [0.15, 0.2) is 0 Å². The quantitative estimate of drug-likeness (QED) is 0.694. The Morgan fingerprint density at radius 3 is 2.67 bits per heavy atom. The number of nitrogens with one attached hydrogen (secondary N) is 1. The summed E-state index contributed by atoms with van der Waals surface area (Å²) in [5.74, 6) is 0.915. The molecule has 0 amide bonds. The lowest BCUT2D eigenvalue weighted by Gasteiger charge is -2.25. The summed E-state index contributed by atoms with van der Waals surface area (Å²) in [5, 5.41) is 3.66. The van der Waals surface area contributed by atoms with E-state index >= 15 is 0 Å².